The molecule has 0 radical (unpaired) electrons. The van der Waals surface area contributed by atoms with Gasteiger partial charge in [0.25, 0.3) is 0 Å². The molecule has 2 fully saturated rings. The lowest BCUT2D eigenvalue weighted by Crippen LogP contribution is -2.37. The zero-order valence-corrected chi connectivity index (χ0v) is 14.0. The molecule has 5 nitrogen and oxygen atoms in total. The molecule has 1 atom stereocenters. The molecule has 1 amide bonds. The van der Waals surface area contributed by atoms with Crippen LogP contribution in [0.5, 0.6) is 5.75 Å². The average Bonchev–Trinajstić information content (AvgIpc) is 2.96. The SMILES string of the molecule is COc1ccc(CC(=O)NC[C@H]2COC3(CCCCC3)O2)cc1F. The fourth-order valence-electron chi connectivity index (χ4n) is 3.37. The van der Waals surface area contributed by atoms with E-state index in [4.69, 9.17) is 14.2 Å². The molecule has 1 aliphatic carbocycles. The number of benzene rings is 1. The van der Waals surface area contributed by atoms with E-state index in [2.05, 4.69) is 5.32 Å². The summed E-state index contributed by atoms with van der Waals surface area (Å²) >= 11 is 0. The van der Waals surface area contributed by atoms with Crippen molar-refractivity contribution < 1.29 is 23.4 Å². The van der Waals surface area contributed by atoms with Gasteiger partial charge in [0.05, 0.1) is 20.1 Å². The van der Waals surface area contributed by atoms with Crippen molar-refractivity contribution in [3.8, 4) is 5.75 Å². The summed E-state index contributed by atoms with van der Waals surface area (Å²) in [6, 6.07) is 4.54. The molecule has 6 heteroatoms. The average molecular weight is 337 g/mol. The monoisotopic (exact) mass is 337 g/mol. The van der Waals surface area contributed by atoms with Crippen LogP contribution in [0.4, 0.5) is 4.39 Å². The van der Waals surface area contributed by atoms with E-state index in [0.717, 1.165) is 25.7 Å². The van der Waals surface area contributed by atoms with Gasteiger partial charge in [-0.3, -0.25) is 4.79 Å². The molecular formula is C18H24FNO4. The Kier molecular flexibility index (Phi) is 5.36. The molecule has 1 N–H and O–H groups in total. The van der Waals surface area contributed by atoms with Gasteiger partial charge in [-0.2, -0.15) is 0 Å². The number of nitrogens with one attached hydrogen (secondary N) is 1. The molecule has 1 spiro atoms. The Balaban J connectivity index is 1.45. The fourth-order valence-corrected chi connectivity index (χ4v) is 3.37. The quantitative estimate of drug-likeness (QED) is 0.897. The number of hydrogen-bond acceptors (Lipinski definition) is 4. The maximum atomic E-state index is 13.6. The molecule has 1 saturated carbocycles. The number of hydrogen-bond donors (Lipinski definition) is 1. The van der Waals surface area contributed by atoms with E-state index >= 15 is 0 Å². The minimum absolute atomic E-state index is 0.111. The molecule has 1 saturated heterocycles. The smallest absolute Gasteiger partial charge is 0.224 e. The van der Waals surface area contributed by atoms with Gasteiger partial charge in [-0.05, 0) is 30.5 Å². The van der Waals surface area contributed by atoms with Gasteiger partial charge in [0, 0.05) is 19.4 Å². The first-order valence-corrected chi connectivity index (χ1v) is 8.51. The van der Waals surface area contributed by atoms with Crippen molar-refractivity contribution in [1.29, 1.82) is 0 Å². The summed E-state index contributed by atoms with van der Waals surface area (Å²) in [6.07, 6.45) is 5.36. The van der Waals surface area contributed by atoms with Gasteiger partial charge in [-0.25, -0.2) is 4.39 Å². The largest absolute Gasteiger partial charge is 0.494 e. The maximum Gasteiger partial charge on any atom is 0.224 e. The molecular weight excluding hydrogens is 313 g/mol. The van der Waals surface area contributed by atoms with Crippen LogP contribution in [-0.2, 0) is 20.7 Å². The lowest BCUT2D eigenvalue weighted by molar-refractivity contribution is -0.186. The van der Waals surface area contributed by atoms with Crippen LogP contribution < -0.4 is 10.1 Å². The van der Waals surface area contributed by atoms with Gasteiger partial charge in [0.2, 0.25) is 5.91 Å². The summed E-state index contributed by atoms with van der Waals surface area (Å²) in [6.45, 7) is 0.927. The van der Waals surface area contributed by atoms with Crippen LogP contribution in [0.3, 0.4) is 0 Å². The van der Waals surface area contributed by atoms with E-state index in [9.17, 15) is 9.18 Å². The summed E-state index contributed by atoms with van der Waals surface area (Å²) < 4.78 is 30.4. The van der Waals surface area contributed by atoms with Crippen LogP contribution in [0.15, 0.2) is 18.2 Å². The number of carbonyl (C=O) groups is 1. The molecule has 24 heavy (non-hydrogen) atoms. The predicted molar refractivity (Wildman–Crippen MR) is 86.3 cm³/mol. The van der Waals surface area contributed by atoms with Crippen LogP contribution in [0.1, 0.15) is 37.7 Å². The molecule has 1 heterocycles. The van der Waals surface area contributed by atoms with Gasteiger partial charge >= 0.3 is 0 Å². The summed E-state index contributed by atoms with van der Waals surface area (Å²) in [5.74, 6) is -0.872. The third-order valence-corrected chi connectivity index (χ3v) is 4.64. The van der Waals surface area contributed by atoms with E-state index in [-0.39, 0.29) is 24.2 Å². The summed E-state index contributed by atoms with van der Waals surface area (Å²) in [7, 11) is 1.41. The predicted octanol–water partition coefficient (Wildman–Crippen LogP) is 2.57. The first-order chi connectivity index (χ1) is 11.6. The van der Waals surface area contributed by atoms with Gasteiger partial charge in [0.1, 0.15) is 6.10 Å². The standard InChI is InChI=1S/C18H24FNO4/c1-22-16-6-5-13(9-15(16)19)10-17(21)20-11-14-12-23-18(24-14)7-3-2-4-8-18/h5-6,9,14H,2-4,7-8,10-12H2,1H3,(H,20,21)/t14-/m0/s1. The molecule has 132 valence electrons. The van der Waals surface area contributed by atoms with Crippen LogP contribution in [-0.4, -0.2) is 38.1 Å². The third kappa shape index (κ3) is 4.05. The Hall–Kier alpha value is -1.66. The van der Waals surface area contributed by atoms with E-state index in [0.29, 0.717) is 18.7 Å². The highest BCUT2D eigenvalue weighted by molar-refractivity contribution is 5.78. The molecule has 3 rings (SSSR count). The van der Waals surface area contributed by atoms with Crippen LogP contribution >= 0.6 is 0 Å². The van der Waals surface area contributed by atoms with Crippen molar-refractivity contribution in [2.75, 3.05) is 20.3 Å². The van der Waals surface area contributed by atoms with Crippen molar-refractivity contribution in [2.45, 2.75) is 50.4 Å². The normalized spacial score (nSPS) is 22.5. The van der Waals surface area contributed by atoms with Crippen molar-refractivity contribution in [1.82, 2.24) is 5.32 Å². The molecule has 1 aromatic rings. The number of halogens is 1. The third-order valence-electron chi connectivity index (χ3n) is 4.64. The minimum Gasteiger partial charge on any atom is -0.494 e. The topological polar surface area (TPSA) is 56.8 Å². The molecule has 1 aliphatic heterocycles. The molecule has 0 aromatic heterocycles. The first-order valence-electron chi connectivity index (χ1n) is 8.51. The van der Waals surface area contributed by atoms with E-state index in [1.54, 1.807) is 6.07 Å². The summed E-state index contributed by atoms with van der Waals surface area (Å²) in [4.78, 5) is 12.0. The summed E-state index contributed by atoms with van der Waals surface area (Å²) in [5.41, 5.74) is 0.609. The van der Waals surface area contributed by atoms with Gasteiger partial charge in [0.15, 0.2) is 17.4 Å². The summed E-state index contributed by atoms with van der Waals surface area (Å²) in [5, 5.41) is 2.85. The Morgan fingerprint density at radius 3 is 2.88 bits per heavy atom. The Morgan fingerprint density at radius 1 is 1.38 bits per heavy atom. The lowest BCUT2D eigenvalue weighted by atomic mass is 9.94. The van der Waals surface area contributed by atoms with Gasteiger partial charge < -0.3 is 19.5 Å². The highest BCUT2D eigenvalue weighted by atomic mass is 19.1. The first kappa shape index (κ1) is 17.2. The van der Waals surface area contributed by atoms with Crippen LogP contribution in [0.2, 0.25) is 0 Å². The zero-order valence-electron chi connectivity index (χ0n) is 14.0. The van der Waals surface area contributed by atoms with E-state index in [1.807, 2.05) is 0 Å². The Labute approximate surface area is 141 Å². The molecule has 1 aromatic carbocycles. The van der Waals surface area contributed by atoms with Crippen molar-refractivity contribution >= 4 is 5.91 Å². The van der Waals surface area contributed by atoms with E-state index in [1.165, 1.54) is 25.7 Å². The van der Waals surface area contributed by atoms with Crippen LogP contribution in [0.25, 0.3) is 0 Å². The second kappa shape index (κ2) is 7.49. The number of carbonyl (C=O) groups excluding carboxylic acids is 1. The van der Waals surface area contributed by atoms with Crippen molar-refractivity contribution in [3.05, 3.63) is 29.6 Å². The van der Waals surface area contributed by atoms with E-state index < -0.39 is 11.6 Å². The highest BCUT2D eigenvalue weighted by Crippen LogP contribution is 2.37. The Bertz CT molecular complexity index is 586. The van der Waals surface area contributed by atoms with Crippen molar-refractivity contribution in [2.24, 2.45) is 0 Å². The second-order valence-corrected chi connectivity index (χ2v) is 6.47. The number of rotatable bonds is 5. The van der Waals surface area contributed by atoms with Gasteiger partial charge in [-0.1, -0.05) is 12.5 Å². The number of ether oxygens (including phenoxy) is 3. The van der Waals surface area contributed by atoms with Gasteiger partial charge in [-0.15, -0.1) is 0 Å². The maximum absolute atomic E-state index is 13.6. The highest BCUT2D eigenvalue weighted by Gasteiger charge is 2.42. The van der Waals surface area contributed by atoms with Crippen LogP contribution in [0, 0.1) is 5.82 Å². The fraction of sp³-hybridized carbons (Fsp3) is 0.611. The number of amides is 1. The Morgan fingerprint density at radius 2 is 2.17 bits per heavy atom. The molecule has 2 aliphatic rings. The molecule has 0 bridgehead atoms. The van der Waals surface area contributed by atoms with Crippen molar-refractivity contribution in [3.63, 3.8) is 0 Å². The second-order valence-electron chi connectivity index (χ2n) is 6.47. The lowest BCUT2D eigenvalue weighted by Gasteiger charge is -2.31. The molecule has 0 unspecified atom stereocenters. The zero-order chi connectivity index (χ0) is 17.0. The minimum atomic E-state index is -0.463. The number of methoxy groups -OCH3 is 1.